The third-order valence-electron chi connectivity index (χ3n) is 3.92. The Kier molecular flexibility index (Phi) is 3.60. The zero-order valence-electron chi connectivity index (χ0n) is 12.9. The Morgan fingerprint density at radius 1 is 1.04 bits per heavy atom. The van der Waals surface area contributed by atoms with Crippen molar-refractivity contribution < 1.29 is 17.9 Å². The highest BCUT2D eigenvalue weighted by molar-refractivity contribution is 5.72. The molecule has 4 rings (SSSR count). The average molecular weight is 346 g/mol. The van der Waals surface area contributed by atoms with Gasteiger partial charge in [0.25, 0.3) is 0 Å². The smallest absolute Gasteiger partial charge is 0.406 e. The first-order chi connectivity index (χ1) is 12.0. The van der Waals surface area contributed by atoms with Crippen LogP contribution < -0.4 is 10.1 Å². The second-order valence-corrected chi connectivity index (χ2v) is 5.54. The molecule has 3 heterocycles. The van der Waals surface area contributed by atoms with Crippen LogP contribution in [0.25, 0.3) is 16.9 Å². The molecule has 0 aliphatic carbocycles. The molecule has 0 spiro atoms. The van der Waals surface area contributed by atoms with Gasteiger partial charge in [-0.2, -0.15) is 5.10 Å². The van der Waals surface area contributed by atoms with Crippen molar-refractivity contribution in [2.75, 3.05) is 11.9 Å². The molecule has 0 saturated carbocycles. The van der Waals surface area contributed by atoms with Crippen LogP contribution in [-0.2, 0) is 6.42 Å². The van der Waals surface area contributed by atoms with Gasteiger partial charge in [0.05, 0.1) is 11.4 Å². The van der Waals surface area contributed by atoms with Gasteiger partial charge in [-0.3, -0.25) is 4.98 Å². The number of anilines is 1. The maximum Gasteiger partial charge on any atom is 0.573 e. The summed E-state index contributed by atoms with van der Waals surface area (Å²) in [5, 5.41) is 7.92. The van der Waals surface area contributed by atoms with Gasteiger partial charge in [-0.15, -0.1) is 13.2 Å². The largest absolute Gasteiger partial charge is 0.573 e. The lowest BCUT2D eigenvalue weighted by molar-refractivity contribution is -0.274. The molecule has 0 saturated heterocycles. The van der Waals surface area contributed by atoms with E-state index in [0.717, 1.165) is 35.6 Å². The van der Waals surface area contributed by atoms with Crippen LogP contribution in [0.3, 0.4) is 0 Å². The van der Waals surface area contributed by atoms with Gasteiger partial charge < -0.3 is 10.1 Å². The van der Waals surface area contributed by atoms with Crippen LogP contribution >= 0.6 is 0 Å². The van der Waals surface area contributed by atoms with E-state index in [-0.39, 0.29) is 5.75 Å². The van der Waals surface area contributed by atoms with Crippen molar-refractivity contribution in [3.05, 3.63) is 54.4 Å². The van der Waals surface area contributed by atoms with E-state index < -0.39 is 6.36 Å². The summed E-state index contributed by atoms with van der Waals surface area (Å²) in [4.78, 5) is 4.01. The summed E-state index contributed by atoms with van der Waals surface area (Å²) < 4.78 is 42.5. The van der Waals surface area contributed by atoms with Crippen molar-refractivity contribution in [1.82, 2.24) is 14.8 Å². The molecule has 25 heavy (non-hydrogen) atoms. The molecule has 5 nitrogen and oxygen atoms in total. The minimum absolute atomic E-state index is 0.262. The number of ether oxygens (including phenoxy) is 1. The Morgan fingerprint density at radius 2 is 1.76 bits per heavy atom. The summed E-state index contributed by atoms with van der Waals surface area (Å²) in [7, 11) is 0. The number of fused-ring (bicyclic) bond motifs is 1. The van der Waals surface area contributed by atoms with Gasteiger partial charge >= 0.3 is 6.36 Å². The first-order valence-corrected chi connectivity index (χ1v) is 7.63. The van der Waals surface area contributed by atoms with E-state index in [1.807, 2.05) is 12.1 Å². The molecule has 0 radical (unpaired) electrons. The molecule has 2 aromatic heterocycles. The molecule has 128 valence electrons. The monoisotopic (exact) mass is 346 g/mol. The fourth-order valence-corrected chi connectivity index (χ4v) is 2.89. The number of aromatic nitrogens is 3. The quantitative estimate of drug-likeness (QED) is 0.784. The molecule has 1 aliphatic heterocycles. The first kappa shape index (κ1) is 15.5. The van der Waals surface area contributed by atoms with Gasteiger partial charge in [-0.1, -0.05) is 0 Å². The summed E-state index contributed by atoms with van der Waals surface area (Å²) in [6, 6.07) is 9.41. The predicted octanol–water partition coefficient (Wildman–Crippen LogP) is 3.80. The van der Waals surface area contributed by atoms with Crippen molar-refractivity contribution >= 4 is 5.82 Å². The van der Waals surface area contributed by atoms with Gasteiger partial charge in [0.2, 0.25) is 0 Å². The molecule has 0 amide bonds. The number of alkyl halides is 3. The average Bonchev–Trinajstić information content (AvgIpc) is 3.17. The summed E-state index contributed by atoms with van der Waals surface area (Å²) >= 11 is 0. The fraction of sp³-hybridized carbons (Fsp3) is 0.176. The molecule has 0 bridgehead atoms. The zero-order valence-corrected chi connectivity index (χ0v) is 12.9. The van der Waals surface area contributed by atoms with Crippen molar-refractivity contribution in [3.8, 4) is 22.7 Å². The molecular formula is C17H13F3N4O. The maximum absolute atomic E-state index is 12.3. The van der Waals surface area contributed by atoms with Crippen molar-refractivity contribution in [3.63, 3.8) is 0 Å². The Balaban J connectivity index is 1.72. The Morgan fingerprint density at radius 3 is 2.44 bits per heavy atom. The van der Waals surface area contributed by atoms with Gasteiger partial charge in [0.15, 0.2) is 0 Å². The third-order valence-corrected chi connectivity index (χ3v) is 3.92. The lowest BCUT2D eigenvalue weighted by Crippen LogP contribution is -2.17. The van der Waals surface area contributed by atoms with Crippen LogP contribution in [0.15, 0.2) is 48.8 Å². The molecular weight excluding hydrogens is 333 g/mol. The number of halogens is 3. The minimum Gasteiger partial charge on any atom is -0.406 e. The number of hydrogen-bond acceptors (Lipinski definition) is 4. The molecule has 3 aromatic rings. The zero-order chi connectivity index (χ0) is 17.4. The van der Waals surface area contributed by atoms with E-state index in [1.165, 1.54) is 12.1 Å². The normalized spacial score (nSPS) is 13.4. The topological polar surface area (TPSA) is 52.0 Å². The number of pyridine rings is 1. The molecule has 0 unspecified atom stereocenters. The Bertz CT molecular complexity index is 889. The number of benzene rings is 1. The number of rotatable bonds is 3. The molecule has 8 heteroatoms. The highest BCUT2D eigenvalue weighted by atomic mass is 19.4. The Labute approximate surface area is 141 Å². The van der Waals surface area contributed by atoms with Crippen molar-refractivity contribution in [2.45, 2.75) is 12.8 Å². The summed E-state index contributed by atoms with van der Waals surface area (Å²) in [6.07, 6.45) is -0.467. The molecule has 1 aliphatic rings. The summed E-state index contributed by atoms with van der Waals surface area (Å²) in [5.74, 6) is 0.596. The van der Waals surface area contributed by atoms with Gasteiger partial charge in [-0.05, 0) is 42.8 Å². The predicted molar refractivity (Wildman–Crippen MR) is 85.7 cm³/mol. The van der Waals surface area contributed by atoms with Gasteiger partial charge in [0.1, 0.15) is 11.6 Å². The fourth-order valence-electron chi connectivity index (χ4n) is 2.89. The van der Waals surface area contributed by atoms with E-state index in [1.54, 1.807) is 29.2 Å². The minimum atomic E-state index is -4.70. The SMILES string of the molecule is FC(F)(F)Oc1ccc(-n2nc(-c3ccncc3)c3c2NCC3)cc1. The lowest BCUT2D eigenvalue weighted by Gasteiger charge is -2.10. The molecule has 0 atom stereocenters. The van der Waals surface area contributed by atoms with E-state index in [4.69, 9.17) is 0 Å². The van der Waals surface area contributed by atoms with E-state index in [2.05, 4.69) is 20.1 Å². The van der Waals surface area contributed by atoms with Crippen molar-refractivity contribution in [2.24, 2.45) is 0 Å². The van der Waals surface area contributed by atoms with Crippen LogP contribution in [0.2, 0.25) is 0 Å². The molecule has 1 aromatic carbocycles. The van der Waals surface area contributed by atoms with Crippen LogP contribution in [0.4, 0.5) is 19.0 Å². The van der Waals surface area contributed by atoms with E-state index >= 15 is 0 Å². The lowest BCUT2D eigenvalue weighted by atomic mass is 10.1. The first-order valence-electron chi connectivity index (χ1n) is 7.63. The van der Waals surface area contributed by atoms with E-state index in [0.29, 0.717) is 5.69 Å². The van der Waals surface area contributed by atoms with Gasteiger partial charge in [0, 0.05) is 30.1 Å². The summed E-state index contributed by atoms with van der Waals surface area (Å²) in [6.45, 7) is 0.792. The van der Waals surface area contributed by atoms with Crippen LogP contribution in [-0.4, -0.2) is 27.7 Å². The van der Waals surface area contributed by atoms with Crippen molar-refractivity contribution in [1.29, 1.82) is 0 Å². The standard InChI is InChI=1S/C17H13F3N4O/c18-17(19,20)25-13-3-1-12(2-4-13)24-16-14(7-10-22-16)15(23-24)11-5-8-21-9-6-11/h1-6,8-9,22H,7,10H2. The summed E-state index contributed by atoms with van der Waals surface area (Å²) in [5.41, 5.74) is 3.53. The number of nitrogens with zero attached hydrogens (tertiary/aromatic N) is 3. The highest BCUT2D eigenvalue weighted by Gasteiger charge is 2.31. The number of hydrogen-bond donors (Lipinski definition) is 1. The second-order valence-electron chi connectivity index (χ2n) is 5.54. The van der Waals surface area contributed by atoms with Gasteiger partial charge in [-0.25, -0.2) is 4.68 Å². The van der Waals surface area contributed by atoms with Crippen LogP contribution in [0.5, 0.6) is 5.75 Å². The highest BCUT2D eigenvalue weighted by Crippen LogP contribution is 2.34. The van der Waals surface area contributed by atoms with Crippen LogP contribution in [0.1, 0.15) is 5.56 Å². The third kappa shape index (κ3) is 3.02. The second kappa shape index (κ2) is 5.80. The Hall–Kier alpha value is -3.03. The molecule has 0 fully saturated rings. The van der Waals surface area contributed by atoms with Crippen LogP contribution in [0, 0.1) is 0 Å². The molecule has 1 N–H and O–H groups in total. The maximum atomic E-state index is 12.3. The van der Waals surface area contributed by atoms with E-state index in [9.17, 15) is 13.2 Å². The number of nitrogens with one attached hydrogen (secondary N) is 1.